The maximum Gasteiger partial charge on any atom is 0.433 e. The fourth-order valence-electron chi connectivity index (χ4n) is 2.72. The summed E-state index contributed by atoms with van der Waals surface area (Å²) in [4.78, 5) is 8.02. The summed E-state index contributed by atoms with van der Waals surface area (Å²) in [6.45, 7) is 1.23. The number of hydrogen-bond donors (Lipinski definition) is 1. The van der Waals surface area contributed by atoms with Gasteiger partial charge in [-0.05, 0) is 19.3 Å². The minimum Gasteiger partial charge on any atom is -0.378 e. The molecule has 7 heteroatoms. The molecule has 0 amide bonds. The van der Waals surface area contributed by atoms with Crippen molar-refractivity contribution < 1.29 is 17.9 Å². The molecule has 0 aliphatic carbocycles. The highest BCUT2D eigenvalue weighted by molar-refractivity contribution is 5.31. The van der Waals surface area contributed by atoms with Gasteiger partial charge in [-0.2, -0.15) is 13.2 Å². The number of rotatable bonds is 2. The molecule has 1 saturated heterocycles. The second-order valence-corrected chi connectivity index (χ2v) is 5.21. The molecule has 3 rings (SSSR count). The third-order valence-electron chi connectivity index (χ3n) is 3.69. The van der Waals surface area contributed by atoms with Crippen LogP contribution >= 0.6 is 0 Å². The largest absolute Gasteiger partial charge is 0.433 e. The molecule has 110 valence electrons. The second-order valence-electron chi connectivity index (χ2n) is 5.21. The number of fused-ring (bicyclic) bond motifs is 1. The Balaban J connectivity index is 1.88. The first-order valence-corrected chi connectivity index (χ1v) is 6.82. The zero-order valence-electron chi connectivity index (χ0n) is 11.0. The molecule has 0 radical (unpaired) electrons. The molecule has 2 aliphatic heterocycles. The molecule has 1 fully saturated rings. The Morgan fingerprint density at radius 3 is 2.75 bits per heavy atom. The van der Waals surface area contributed by atoms with Gasteiger partial charge in [0.15, 0.2) is 5.69 Å². The van der Waals surface area contributed by atoms with Crippen LogP contribution in [0.25, 0.3) is 0 Å². The summed E-state index contributed by atoms with van der Waals surface area (Å²) in [5, 5.41) is 2.90. The van der Waals surface area contributed by atoms with Crippen molar-refractivity contribution in [2.75, 3.05) is 6.61 Å². The van der Waals surface area contributed by atoms with Gasteiger partial charge in [-0.3, -0.25) is 0 Å². The Kier molecular flexibility index (Phi) is 3.64. The van der Waals surface area contributed by atoms with Crippen molar-refractivity contribution in [1.29, 1.82) is 0 Å². The van der Waals surface area contributed by atoms with Crippen molar-refractivity contribution >= 4 is 0 Å². The SMILES string of the molecule is FC(F)(F)c1nc(CC2CCCCO2)nc2c1CNC2. The third kappa shape index (κ3) is 2.78. The molecule has 3 heterocycles. The van der Waals surface area contributed by atoms with Gasteiger partial charge in [0.2, 0.25) is 0 Å². The lowest BCUT2D eigenvalue weighted by molar-refractivity contribution is -0.142. The monoisotopic (exact) mass is 287 g/mol. The van der Waals surface area contributed by atoms with Gasteiger partial charge in [0.05, 0.1) is 11.8 Å². The van der Waals surface area contributed by atoms with E-state index in [-0.39, 0.29) is 24.0 Å². The highest BCUT2D eigenvalue weighted by Crippen LogP contribution is 2.33. The molecule has 0 bridgehead atoms. The van der Waals surface area contributed by atoms with E-state index >= 15 is 0 Å². The second kappa shape index (κ2) is 5.29. The van der Waals surface area contributed by atoms with E-state index in [9.17, 15) is 13.2 Å². The summed E-state index contributed by atoms with van der Waals surface area (Å²) in [5.41, 5.74) is -0.137. The van der Waals surface area contributed by atoms with Gasteiger partial charge in [0.1, 0.15) is 5.82 Å². The van der Waals surface area contributed by atoms with Gasteiger partial charge in [-0.1, -0.05) is 0 Å². The van der Waals surface area contributed by atoms with Crippen LogP contribution in [-0.4, -0.2) is 22.7 Å². The molecule has 1 aromatic rings. The van der Waals surface area contributed by atoms with Gasteiger partial charge in [-0.15, -0.1) is 0 Å². The Bertz CT molecular complexity index is 498. The predicted molar refractivity (Wildman–Crippen MR) is 64.9 cm³/mol. The van der Waals surface area contributed by atoms with Crippen molar-refractivity contribution in [2.45, 2.75) is 51.1 Å². The normalized spacial score (nSPS) is 22.9. The van der Waals surface area contributed by atoms with Crippen molar-refractivity contribution in [3.63, 3.8) is 0 Å². The Hall–Kier alpha value is -1.21. The van der Waals surface area contributed by atoms with Crippen molar-refractivity contribution in [3.05, 3.63) is 22.8 Å². The van der Waals surface area contributed by atoms with E-state index in [2.05, 4.69) is 15.3 Å². The minimum absolute atomic E-state index is 0.0581. The first kappa shape index (κ1) is 13.8. The Morgan fingerprint density at radius 2 is 2.05 bits per heavy atom. The smallest absolute Gasteiger partial charge is 0.378 e. The lowest BCUT2D eigenvalue weighted by Crippen LogP contribution is -2.24. The van der Waals surface area contributed by atoms with E-state index in [4.69, 9.17) is 4.74 Å². The molecule has 1 aromatic heterocycles. The average Bonchev–Trinajstić information content (AvgIpc) is 2.86. The lowest BCUT2D eigenvalue weighted by atomic mass is 10.1. The zero-order chi connectivity index (χ0) is 14.2. The predicted octanol–water partition coefficient (Wildman–Crippen LogP) is 2.21. The molecule has 2 aliphatic rings. The van der Waals surface area contributed by atoms with Crippen LogP contribution in [0.15, 0.2) is 0 Å². The van der Waals surface area contributed by atoms with Gasteiger partial charge >= 0.3 is 6.18 Å². The maximum atomic E-state index is 13.1. The summed E-state index contributed by atoms with van der Waals surface area (Å²) < 4.78 is 44.7. The maximum absolute atomic E-state index is 13.1. The first-order chi connectivity index (χ1) is 9.54. The molecule has 0 saturated carbocycles. The first-order valence-electron chi connectivity index (χ1n) is 6.82. The van der Waals surface area contributed by atoms with Crippen LogP contribution in [0.4, 0.5) is 13.2 Å². The van der Waals surface area contributed by atoms with Crippen molar-refractivity contribution in [2.24, 2.45) is 0 Å². The summed E-state index contributed by atoms with van der Waals surface area (Å²) >= 11 is 0. The van der Waals surface area contributed by atoms with Crippen LogP contribution in [0.5, 0.6) is 0 Å². The van der Waals surface area contributed by atoms with Gasteiger partial charge in [-0.25, -0.2) is 9.97 Å². The molecule has 20 heavy (non-hydrogen) atoms. The van der Waals surface area contributed by atoms with Gasteiger partial charge in [0.25, 0.3) is 0 Å². The van der Waals surface area contributed by atoms with Crippen LogP contribution in [0.3, 0.4) is 0 Å². The number of hydrogen-bond acceptors (Lipinski definition) is 4. The number of halogens is 3. The van der Waals surface area contributed by atoms with Crippen LogP contribution in [0.1, 0.15) is 42.0 Å². The molecule has 1 N–H and O–H groups in total. The summed E-state index contributed by atoms with van der Waals surface area (Å²) in [6.07, 6.45) is -1.21. The lowest BCUT2D eigenvalue weighted by Gasteiger charge is -2.22. The highest BCUT2D eigenvalue weighted by atomic mass is 19.4. The van der Waals surface area contributed by atoms with E-state index in [1.165, 1.54) is 0 Å². The van der Waals surface area contributed by atoms with E-state index in [1.54, 1.807) is 0 Å². The van der Waals surface area contributed by atoms with E-state index < -0.39 is 11.9 Å². The number of nitrogens with zero attached hydrogens (tertiary/aromatic N) is 2. The van der Waals surface area contributed by atoms with E-state index in [0.717, 1.165) is 19.3 Å². The number of ether oxygens (including phenoxy) is 1. The average molecular weight is 287 g/mol. The van der Waals surface area contributed by atoms with Crippen LogP contribution in [0.2, 0.25) is 0 Å². The molecule has 0 spiro atoms. The Labute approximate surface area is 114 Å². The van der Waals surface area contributed by atoms with E-state index in [1.807, 2.05) is 0 Å². The fraction of sp³-hybridized carbons (Fsp3) is 0.692. The fourth-order valence-corrected chi connectivity index (χ4v) is 2.72. The van der Waals surface area contributed by atoms with Crippen LogP contribution in [-0.2, 0) is 30.4 Å². The zero-order valence-corrected chi connectivity index (χ0v) is 11.0. The van der Waals surface area contributed by atoms with Crippen molar-refractivity contribution in [3.8, 4) is 0 Å². The topological polar surface area (TPSA) is 47.0 Å². The van der Waals surface area contributed by atoms with Gasteiger partial charge < -0.3 is 10.1 Å². The van der Waals surface area contributed by atoms with Crippen molar-refractivity contribution in [1.82, 2.24) is 15.3 Å². The summed E-state index contributed by atoms with van der Waals surface area (Å²) in [7, 11) is 0. The molecule has 1 atom stereocenters. The molecular weight excluding hydrogens is 271 g/mol. The summed E-state index contributed by atoms with van der Waals surface area (Å²) in [5.74, 6) is 0.242. The van der Waals surface area contributed by atoms with Crippen LogP contribution in [0, 0.1) is 0 Å². The number of aromatic nitrogens is 2. The molecule has 0 aromatic carbocycles. The molecule has 1 unspecified atom stereocenters. The van der Waals surface area contributed by atoms with Crippen LogP contribution < -0.4 is 5.32 Å². The third-order valence-corrected chi connectivity index (χ3v) is 3.69. The van der Waals surface area contributed by atoms with E-state index in [0.29, 0.717) is 25.3 Å². The number of nitrogens with one attached hydrogen (secondary N) is 1. The minimum atomic E-state index is -4.43. The Morgan fingerprint density at radius 1 is 1.20 bits per heavy atom. The van der Waals surface area contributed by atoms with Gasteiger partial charge in [0, 0.05) is 31.7 Å². The quantitative estimate of drug-likeness (QED) is 0.906. The summed E-state index contributed by atoms with van der Waals surface area (Å²) in [6, 6.07) is 0. The number of alkyl halides is 3. The highest BCUT2D eigenvalue weighted by Gasteiger charge is 2.38. The molecule has 4 nitrogen and oxygen atoms in total. The molecular formula is C13H16F3N3O. The standard InChI is InChI=1S/C13H16F3N3O/c14-13(15,16)12-9-6-17-7-10(9)18-11(19-12)5-8-3-1-2-4-20-8/h8,17H,1-7H2.